The number of nitrogens with one attached hydrogen (secondary N) is 1. The molecule has 1 fully saturated rings. The largest absolute Gasteiger partial charge is 0.373 e. The van der Waals surface area contributed by atoms with E-state index in [1.807, 2.05) is 4.90 Å². The van der Waals surface area contributed by atoms with Crippen LogP contribution in [0.3, 0.4) is 0 Å². The first-order valence-corrected chi connectivity index (χ1v) is 6.74. The molecular weight excluding hydrogens is 289 g/mol. The zero-order chi connectivity index (χ0) is 13.8. The molecule has 1 atom stereocenters. The summed E-state index contributed by atoms with van der Waals surface area (Å²) in [6.07, 6.45) is 1.51. The maximum Gasteiger partial charge on any atom is 0.216 e. The highest BCUT2D eigenvalue weighted by molar-refractivity contribution is 6.36. The predicted octanol–water partition coefficient (Wildman–Crippen LogP) is 1.73. The Morgan fingerprint density at radius 2 is 2.42 bits per heavy atom. The molecule has 0 saturated carbocycles. The minimum Gasteiger partial charge on any atom is -0.373 e. The van der Waals surface area contributed by atoms with Gasteiger partial charge in [0, 0.05) is 32.8 Å². The molecule has 0 bridgehead atoms. The lowest BCUT2D eigenvalue weighted by Crippen LogP contribution is -2.47. The number of ether oxygens (including phenoxy) is 1. The highest BCUT2D eigenvalue weighted by Crippen LogP contribution is 2.27. The molecule has 0 unspecified atom stereocenters. The maximum absolute atomic E-state index is 10.9. The van der Waals surface area contributed by atoms with E-state index < -0.39 is 0 Å². The zero-order valence-electron chi connectivity index (χ0n) is 10.5. The molecule has 2 heterocycles. The van der Waals surface area contributed by atoms with Gasteiger partial charge in [0.25, 0.3) is 0 Å². The summed E-state index contributed by atoms with van der Waals surface area (Å²) in [4.78, 5) is 17.2. The van der Waals surface area contributed by atoms with Gasteiger partial charge in [0.15, 0.2) is 0 Å². The van der Waals surface area contributed by atoms with E-state index >= 15 is 0 Å². The van der Waals surface area contributed by atoms with Gasteiger partial charge in [-0.15, -0.1) is 0 Å². The number of nitrogens with zero attached hydrogens (tertiary/aromatic N) is 2. The summed E-state index contributed by atoms with van der Waals surface area (Å²) >= 11 is 12.0. The Labute approximate surface area is 121 Å². The van der Waals surface area contributed by atoms with Crippen molar-refractivity contribution in [1.29, 1.82) is 0 Å². The molecule has 0 spiro atoms. The Kier molecular flexibility index (Phi) is 4.85. The highest BCUT2D eigenvalue weighted by atomic mass is 35.5. The van der Waals surface area contributed by atoms with Gasteiger partial charge in [0.1, 0.15) is 5.82 Å². The molecule has 0 aliphatic carbocycles. The molecule has 1 aromatic rings. The van der Waals surface area contributed by atoms with E-state index in [0.717, 1.165) is 0 Å². The van der Waals surface area contributed by atoms with Gasteiger partial charge in [-0.1, -0.05) is 23.2 Å². The van der Waals surface area contributed by atoms with Gasteiger partial charge in [0.2, 0.25) is 5.91 Å². The second-order valence-electron chi connectivity index (χ2n) is 4.33. The molecule has 5 nitrogen and oxygen atoms in total. The van der Waals surface area contributed by atoms with Crippen LogP contribution in [0.15, 0.2) is 12.3 Å². The summed E-state index contributed by atoms with van der Waals surface area (Å²) in [6, 6.07) is 1.67. The number of rotatable bonds is 3. The van der Waals surface area contributed by atoms with Crippen molar-refractivity contribution >= 4 is 34.9 Å². The first kappa shape index (κ1) is 14.4. The molecule has 0 aromatic carbocycles. The fourth-order valence-electron chi connectivity index (χ4n) is 1.93. The van der Waals surface area contributed by atoms with Gasteiger partial charge < -0.3 is 15.0 Å². The Morgan fingerprint density at radius 3 is 3.11 bits per heavy atom. The van der Waals surface area contributed by atoms with Gasteiger partial charge >= 0.3 is 0 Å². The van der Waals surface area contributed by atoms with E-state index in [4.69, 9.17) is 27.9 Å². The highest BCUT2D eigenvalue weighted by Gasteiger charge is 2.23. The lowest BCUT2D eigenvalue weighted by Gasteiger charge is -2.34. The second-order valence-corrected chi connectivity index (χ2v) is 5.18. The molecule has 2 rings (SSSR count). The average Bonchev–Trinajstić information content (AvgIpc) is 2.36. The standard InChI is InChI=1S/C12H15Cl2N3O2/c1-8(18)15-6-10-7-17(2-3-19-10)12-11(14)4-9(13)5-16-12/h4-5,10H,2-3,6-7H2,1H3,(H,15,18)/t10-/m0/s1. The number of halogens is 2. The molecule has 1 N–H and O–H groups in total. The van der Waals surface area contributed by atoms with E-state index in [-0.39, 0.29) is 12.0 Å². The summed E-state index contributed by atoms with van der Waals surface area (Å²) < 4.78 is 5.59. The number of pyridine rings is 1. The summed E-state index contributed by atoms with van der Waals surface area (Å²) in [5, 5.41) is 3.78. The van der Waals surface area contributed by atoms with Crippen LogP contribution in [-0.4, -0.2) is 43.2 Å². The minimum absolute atomic E-state index is 0.0637. The van der Waals surface area contributed by atoms with Crippen LogP contribution in [-0.2, 0) is 9.53 Å². The third kappa shape index (κ3) is 3.96. The van der Waals surface area contributed by atoms with E-state index in [9.17, 15) is 4.79 Å². The Morgan fingerprint density at radius 1 is 1.63 bits per heavy atom. The number of aromatic nitrogens is 1. The van der Waals surface area contributed by atoms with Gasteiger partial charge in [-0.05, 0) is 6.07 Å². The van der Waals surface area contributed by atoms with Gasteiger partial charge in [-0.25, -0.2) is 4.98 Å². The average molecular weight is 304 g/mol. The number of anilines is 1. The molecule has 1 aliphatic rings. The van der Waals surface area contributed by atoms with Gasteiger partial charge in [0.05, 0.1) is 22.8 Å². The predicted molar refractivity (Wildman–Crippen MR) is 74.9 cm³/mol. The molecule has 7 heteroatoms. The number of hydrogen-bond acceptors (Lipinski definition) is 4. The van der Waals surface area contributed by atoms with Crippen LogP contribution in [0.5, 0.6) is 0 Å². The topological polar surface area (TPSA) is 54.5 Å². The number of morpholine rings is 1. The fourth-order valence-corrected chi connectivity index (χ4v) is 2.43. The lowest BCUT2D eigenvalue weighted by atomic mass is 10.2. The SMILES string of the molecule is CC(=O)NC[C@H]1CN(c2ncc(Cl)cc2Cl)CCO1. The van der Waals surface area contributed by atoms with Gasteiger partial charge in [-0.3, -0.25) is 4.79 Å². The van der Waals surface area contributed by atoms with Crippen LogP contribution < -0.4 is 10.2 Å². The smallest absolute Gasteiger partial charge is 0.216 e. The Bertz CT molecular complexity index is 470. The first-order valence-electron chi connectivity index (χ1n) is 5.98. The molecule has 0 radical (unpaired) electrons. The minimum atomic E-state index is -0.0663. The van der Waals surface area contributed by atoms with E-state index in [0.29, 0.717) is 42.1 Å². The number of carbonyl (C=O) groups is 1. The number of amides is 1. The molecule has 1 aromatic heterocycles. The third-order valence-electron chi connectivity index (χ3n) is 2.81. The van der Waals surface area contributed by atoms with Crippen molar-refractivity contribution < 1.29 is 9.53 Å². The van der Waals surface area contributed by atoms with Crippen molar-refractivity contribution in [3.05, 3.63) is 22.3 Å². The number of hydrogen-bond donors (Lipinski definition) is 1. The van der Waals surface area contributed by atoms with Crippen LogP contribution in [0, 0.1) is 0 Å². The molecule has 1 aliphatic heterocycles. The molecule has 1 saturated heterocycles. The zero-order valence-corrected chi connectivity index (χ0v) is 12.0. The van der Waals surface area contributed by atoms with Crippen molar-refractivity contribution in [2.75, 3.05) is 31.1 Å². The number of carbonyl (C=O) groups excluding carboxylic acids is 1. The summed E-state index contributed by atoms with van der Waals surface area (Å²) in [6.45, 7) is 3.89. The summed E-state index contributed by atoms with van der Waals surface area (Å²) in [7, 11) is 0. The van der Waals surface area contributed by atoms with Crippen LogP contribution >= 0.6 is 23.2 Å². The van der Waals surface area contributed by atoms with E-state index in [2.05, 4.69) is 10.3 Å². The Balaban J connectivity index is 2.02. The quantitative estimate of drug-likeness (QED) is 0.924. The summed E-state index contributed by atoms with van der Waals surface area (Å²) in [5.41, 5.74) is 0. The van der Waals surface area contributed by atoms with Crippen molar-refractivity contribution in [3.63, 3.8) is 0 Å². The molecule has 19 heavy (non-hydrogen) atoms. The van der Waals surface area contributed by atoms with E-state index in [1.54, 1.807) is 12.3 Å². The van der Waals surface area contributed by atoms with E-state index in [1.165, 1.54) is 6.92 Å². The molecular formula is C12H15Cl2N3O2. The normalized spacial score (nSPS) is 19.3. The Hall–Kier alpha value is -1.04. The van der Waals surface area contributed by atoms with Crippen molar-refractivity contribution in [2.24, 2.45) is 0 Å². The van der Waals surface area contributed by atoms with Crippen LogP contribution in [0.1, 0.15) is 6.92 Å². The van der Waals surface area contributed by atoms with Crippen molar-refractivity contribution in [2.45, 2.75) is 13.0 Å². The molecule has 1 amide bonds. The lowest BCUT2D eigenvalue weighted by molar-refractivity contribution is -0.119. The van der Waals surface area contributed by atoms with Crippen LogP contribution in [0.4, 0.5) is 5.82 Å². The fraction of sp³-hybridized carbons (Fsp3) is 0.500. The van der Waals surface area contributed by atoms with Crippen LogP contribution in [0.25, 0.3) is 0 Å². The van der Waals surface area contributed by atoms with Crippen molar-refractivity contribution in [3.8, 4) is 0 Å². The first-order chi connectivity index (χ1) is 9.06. The van der Waals surface area contributed by atoms with Gasteiger partial charge in [-0.2, -0.15) is 0 Å². The monoisotopic (exact) mass is 303 g/mol. The second kappa shape index (κ2) is 6.41. The summed E-state index contributed by atoms with van der Waals surface area (Å²) in [5.74, 6) is 0.630. The molecule has 104 valence electrons. The van der Waals surface area contributed by atoms with Crippen LogP contribution in [0.2, 0.25) is 10.0 Å². The maximum atomic E-state index is 10.9. The third-order valence-corrected chi connectivity index (χ3v) is 3.29. The van der Waals surface area contributed by atoms with Crippen molar-refractivity contribution in [1.82, 2.24) is 10.3 Å².